The van der Waals surface area contributed by atoms with Crippen LogP contribution in [-0.2, 0) is 11.2 Å². The first kappa shape index (κ1) is 12.6. The van der Waals surface area contributed by atoms with Crippen LogP contribution in [0.3, 0.4) is 0 Å². The summed E-state index contributed by atoms with van der Waals surface area (Å²) in [5.41, 5.74) is 3.25. The van der Waals surface area contributed by atoms with Crippen LogP contribution in [0.15, 0.2) is 29.8 Å². The molecule has 1 aromatic carbocycles. The van der Waals surface area contributed by atoms with E-state index in [9.17, 15) is 4.79 Å². The van der Waals surface area contributed by atoms with Crippen molar-refractivity contribution in [3.8, 4) is 16.2 Å². The molecule has 0 saturated carbocycles. The number of aromatic nitrogens is 1. The topological polar surface area (TPSA) is 59.4 Å². The Bertz CT molecular complexity index is 533. The quantitative estimate of drug-likeness (QED) is 0.901. The monoisotopic (exact) mass is 263 g/mol. The Balaban J connectivity index is 2.25. The zero-order valence-electron chi connectivity index (χ0n) is 9.92. The lowest BCUT2D eigenvalue weighted by atomic mass is 10.1. The van der Waals surface area contributed by atoms with Gasteiger partial charge in [-0.05, 0) is 36.8 Å². The molecule has 0 unspecified atom stereocenters. The number of hydrogen-bond acceptors (Lipinski definition) is 4. The van der Waals surface area contributed by atoms with Gasteiger partial charge in [0.2, 0.25) is 0 Å². The zero-order valence-corrected chi connectivity index (χ0v) is 10.7. The van der Waals surface area contributed by atoms with E-state index in [2.05, 4.69) is 4.98 Å². The SMILES string of the molecule is CCOc1ccc(-c2scnc2CC(=O)O)cc1. The van der Waals surface area contributed by atoms with Crippen molar-refractivity contribution in [3.05, 3.63) is 35.5 Å². The molecule has 0 spiro atoms. The lowest BCUT2D eigenvalue weighted by Gasteiger charge is -2.04. The predicted molar refractivity (Wildman–Crippen MR) is 70.1 cm³/mol. The molecule has 0 aliphatic heterocycles. The van der Waals surface area contributed by atoms with Crippen LogP contribution in [-0.4, -0.2) is 22.7 Å². The van der Waals surface area contributed by atoms with Crippen molar-refractivity contribution in [2.75, 3.05) is 6.61 Å². The molecule has 0 aliphatic carbocycles. The van der Waals surface area contributed by atoms with Crippen LogP contribution in [0.4, 0.5) is 0 Å². The molecule has 1 aromatic heterocycles. The van der Waals surface area contributed by atoms with E-state index in [-0.39, 0.29) is 6.42 Å². The maximum atomic E-state index is 10.7. The average molecular weight is 263 g/mol. The number of ether oxygens (including phenoxy) is 1. The molecule has 2 rings (SSSR count). The van der Waals surface area contributed by atoms with Gasteiger partial charge in [-0.3, -0.25) is 4.79 Å². The first-order valence-corrected chi connectivity index (χ1v) is 6.46. The molecule has 0 amide bonds. The largest absolute Gasteiger partial charge is 0.494 e. The van der Waals surface area contributed by atoms with Gasteiger partial charge in [-0.25, -0.2) is 4.98 Å². The highest BCUT2D eigenvalue weighted by molar-refractivity contribution is 7.13. The van der Waals surface area contributed by atoms with Crippen molar-refractivity contribution < 1.29 is 14.6 Å². The molecule has 2 aromatic rings. The summed E-state index contributed by atoms with van der Waals surface area (Å²) in [7, 11) is 0. The Morgan fingerprint density at radius 2 is 2.11 bits per heavy atom. The Hall–Kier alpha value is -1.88. The van der Waals surface area contributed by atoms with Crippen molar-refractivity contribution in [3.63, 3.8) is 0 Å². The molecule has 0 radical (unpaired) electrons. The molecule has 5 heteroatoms. The predicted octanol–water partition coefficient (Wildman–Crippen LogP) is 2.84. The van der Waals surface area contributed by atoms with Gasteiger partial charge in [0.1, 0.15) is 5.75 Å². The molecule has 0 bridgehead atoms. The molecular formula is C13H13NO3S. The fourth-order valence-corrected chi connectivity index (χ4v) is 2.46. The van der Waals surface area contributed by atoms with E-state index in [1.807, 2.05) is 31.2 Å². The van der Waals surface area contributed by atoms with Gasteiger partial charge in [-0.15, -0.1) is 11.3 Å². The van der Waals surface area contributed by atoms with E-state index >= 15 is 0 Å². The van der Waals surface area contributed by atoms with E-state index in [0.717, 1.165) is 16.2 Å². The fraction of sp³-hybridized carbons (Fsp3) is 0.231. The number of carbonyl (C=O) groups is 1. The van der Waals surface area contributed by atoms with E-state index in [4.69, 9.17) is 9.84 Å². The fourth-order valence-electron chi connectivity index (χ4n) is 1.64. The third kappa shape index (κ3) is 2.87. The molecule has 0 fully saturated rings. The van der Waals surface area contributed by atoms with E-state index in [1.165, 1.54) is 11.3 Å². The van der Waals surface area contributed by atoms with E-state index < -0.39 is 5.97 Å². The highest BCUT2D eigenvalue weighted by Crippen LogP contribution is 2.29. The highest BCUT2D eigenvalue weighted by atomic mass is 32.1. The number of hydrogen-bond donors (Lipinski definition) is 1. The number of benzene rings is 1. The van der Waals surface area contributed by atoms with Crippen LogP contribution in [0.2, 0.25) is 0 Å². The second-order valence-corrected chi connectivity index (χ2v) is 4.51. The van der Waals surface area contributed by atoms with Gasteiger partial charge in [0, 0.05) is 0 Å². The molecule has 0 aliphatic rings. The number of aliphatic carboxylic acids is 1. The third-order valence-corrected chi connectivity index (χ3v) is 3.31. The maximum absolute atomic E-state index is 10.7. The van der Waals surface area contributed by atoms with Gasteiger partial charge in [-0.2, -0.15) is 0 Å². The number of nitrogens with zero attached hydrogens (tertiary/aromatic N) is 1. The molecule has 18 heavy (non-hydrogen) atoms. The minimum atomic E-state index is -0.868. The van der Waals surface area contributed by atoms with Gasteiger partial charge in [0.25, 0.3) is 0 Å². The third-order valence-electron chi connectivity index (χ3n) is 2.39. The van der Waals surface area contributed by atoms with Gasteiger partial charge in [-0.1, -0.05) is 0 Å². The molecular weight excluding hydrogens is 250 g/mol. The first-order valence-electron chi connectivity index (χ1n) is 5.58. The average Bonchev–Trinajstić information content (AvgIpc) is 2.78. The van der Waals surface area contributed by atoms with Crippen molar-refractivity contribution >= 4 is 17.3 Å². The summed E-state index contributed by atoms with van der Waals surface area (Å²) in [4.78, 5) is 15.7. The molecule has 94 valence electrons. The van der Waals surface area contributed by atoms with Crippen molar-refractivity contribution in [1.29, 1.82) is 0 Å². The van der Waals surface area contributed by atoms with Crippen LogP contribution in [0.5, 0.6) is 5.75 Å². The summed E-state index contributed by atoms with van der Waals surface area (Å²) in [5, 5.41) is 8.82. The minimum Gasteiger partial charge on any atom is -0.494 e. The molecule has 1 N–H and O–H groups in total. The van der Waals surface area contributed by atoms with Crippen LogP contribution < -0.4 is 4.74 Å². The Labute approximate surface area is 109 Å². The van der Waals surface area contributed by atoms with E-state index in [1.54, 1.807) is 5.51 Å². The van der Waals surface area contributed by atoms with Gasteiger partial charge >= 0.3 is 5.97 Å². The summed E-state index contributed by atoms with van der Waals surface area (Å²) in [6, 6.07) is 7.60. The Kier molecular flexibility index (Phi) is 3.94. The Morgan fingerprint density at radius 1 is 1.39 bits per heavy atom. The van der Waals surface area contributed by atoms with Gasteiger partial charge < -0.3 is 9.84 Å². The van der Waals surface area contributed by atoms with Crippen molar-refractivity contribution in [2.45, 2.75) is 13.3 Å². The van der Waals surface area contributed by atoms with Crippen LogP contribution in [0, 0.1) is 0 Å². The smallest absolute Gasteiger partial charge is 0.309 e. The number of carboxylic acid groups (broad SMARTS) is 1. The van der Waals surface area contributed by atoms with Crippen LogP contribution >= 0.6 is 11.3 Å². The summed E-state index contributed by atoms with van der Waals surface area (Å²) in [6.45, 7) is 2.56. The van der Waals surface area contributed by atoms with Crippen molar-refractivity contribution in [1.82, 2.24) is 4.98 Å². The summed E-state index contributed by atoms with van der Waals surface area (Å²) < 4.78 is 5.37. The van der Waals surface area contributed by atoms with Gasteiger partial charge in [0.05, 0.1) is 29.1 Å². The second-order valence-electron chi connectivity index (χ2n) is 3.66. The maximum Gasteiger partial charge on any atom is 0.309 e. The summed E-state index contributed by atoms with van der Waals surface area (Å²) in [5.74, 6) is -0.0568. The highest BCUT2D eigenvalue weighted by Gasteiger charge is 2.11. The number of thiazole rings is 1. The zero-order chi connectivity index (χ0) is 13.0. The normalized spacial score (nSPS) is 10.3. The summed E-state index contributed by atoms with van der Waals surface area (Å²) >= 11 is 1.45. The lowest BCUT2D eigenvalue weighted by Crippen LogP contribution is -2.01. The van der Waals surface area contributed by atoms with Crippen LogP contribution in [0.1, 0.15) is 12.6 Å². The molecule has 4 nitrogen and oxygen atoms in total. The van der Waals surface area contributed by atoms with E-state index in [0.29, 0.717) is 12.3 Å². The number of carboxylic acids is 1. The summed E-state index contributed by atoms with van der Waals surface area (Å²) in [6.07, 6.45) is -0.0496. The van der Waals surface area contributed by atoms with Crippen molar-refractivity contribution in [2.24, 2.45) is 0 Å². The molecule has 0 atom stereocenters. The first-order chi connectivity index (χ1) is 8.70. The second kappa shape index (κ2) is 5.64. The number of rotatable bonds is 5. The van der Waals surface area contributed by atoms with Gasteiger partial charge in [0.15, 0.2) is 0 Å². The lowest BCUT2D eigenvalue weighted by molar-refractivity contribution is -0.136. The Morgan fingerprint density at radius 3 is 2.72 bits per heavy atom. The molecule has 1 heterocycles. The standard InChI is InChI=1S/C13H13NO3S/c1-2-17-10-5-3-9(4-6-10)13-11(7-12(15)16)14-8-18-13/h3-6,8H,2,7H2,1H3,(H,15,16). The molecule has 0 saturated heterocycles. The minimum absolute atomic E-state index is 0.0496. The van der Waals surface area contributed by atoms with Crippen LogP contribution in [0.25, 0.3) is 10.4 Å².